The highest BCUT2D eigenvalue weighted by Gasteiger charge is 1.76. The molecule has 0 heterocycles. The molecule has 0 unspecified atom stereocenters. The largest absolute Gasteiger partial charge is 0.260 e. The molecule has 0 aromatic heterocycles. The van der Waals surface area contributed by atoms with Crippen molar-refractivity contribution in [1.29, 1.82) is 0 Å². The first-order chi connectivity index (χ1) is 3.31. The number of amidine groups is 1. The third-order valence-electron chi connectivity index (χ3n) is 0.420. The summed E-state index contributed by atoms with van der Waals surface area (Å²) in [5.41, 5.74) is 0. The Morgan fingerprint density at radius 3 is 2.43 bits per heavy atom. The molecule has 0 radical (unpaired) electrons. The van der Waals surface area contributed by atoms with Gasteiger partial charge in [0.1, 0.15) is 0 Å². The Balaban J connectivity index is 3.58. The maximum atomic E-state index is 5.32. The van der Waals surface area contributed by atoms with Crippen molar-refractivity contribution >= 4 is 23.1 Å². The van der Waals surface area contributed by atoms with Gasteiger partial charge in [-0.25, -0.2) is 4.99 Å². The molecule has 0 aliphatic carbocycles. The average molecular weight is 119 g/mol. The highest BCUT2D eigenvalue weighted by atomic mass is 35.5. The molecule has 0 aromatic carbocycles. The lowest BCUT2D eigenvalue weighted by molar-refractivity contribution is 1.43. The van der Waals surface area contributed by atoms with Crippen molar-refractivity contribution in [3.8, 4) is 0 Å². The van der Waals surface area contributed by atoms with Gasteiger partial charge < -0.3 is 0 Å². The quantitative estimate of drug-likeness (QED) is 0.260. The van der Waals surface area contributed by atoms with Crippen molar-refractivity contribution < 1.29 is 0 Å². The summed E-state index contributed by atoms with van der Waals surface area (Å²) in [4.78, 5) is 7.20. The van der Waals surface area contributed by atoms with Crippen LogP contribution in [0.3, 0.4) is 0 Å². The zero-order valence-electron chi connectivity index (χ0n) is 4.35. The molecule has 0 spiro atoms. The van der Waals surface area contributed by atoms with Gasteiger partial charge in [-0.1, -0.05) is 0 Å². The lowest BCUT2D eigenvalue weighted by Crippen LogP contribution is -1.77. The van der Waals surface area contributed by atoms with Gasteiger partial charge in [0.05, 0.1) is 0 Å². The van der Waals surface area contributed by atoms with Gasteiger partial charge >= 0.3 is 0 Å². The van der Waals surface area contributed by atoms with Crippen molar-refractivity contribution in [1.82, 2.24) is 0 Å². The lowest BCUT2D eigenvalue weighted by Gasteiger charge is -1.77. The molecule has 0 aliphatic heterocycles. The molecule has 0 amide bonds. The third-order valence-corrected chi connectivity index (χ3v) is 0.687. The van der Waals surface area contributed by atoms with E-state index < -0.39 is 0 Å². The Hall–Kier alpha value is -0.370. The van der Waals surface area contributed by atoms with Crippen LogP contribution in [0.4, 0.5) is 0 Å². The van der Waals surface area contributed by atoms with Gasteiger partial charge in [-0.05, 0) is 18.5 Å². The van der Waals surface area contributed by atoms with Gasteiger partial charge in [-0.15, -0.1) is 0 Å². The fourth-order valence-corrected chi connectivity index (χ4v) is 0.262. The number of rotatable bonds is 0. The molecule has 0 atom stereocenters. The maximum Gasteiger partial charge on any atom is 0.217 e. The predicted molar refractivity (Wildman–Crippen MR) is 33.4 cm³/mol. The van der Waals surface area contributed by atoms with Gasteiger partial charge in [-0.3, -0.25) is 4.99 Å². The van der Waals surface area contributed by atoms with Gasteiger partial charge in [0, 0.05) is 13.3 Å². The van der Waals surface area contributed by atoms with Crippen LogP contribution in [-0.4, -0.2) is 18.6 Å². The SMILES string of the molecule is CC=NC(Cl)=NC. The minimum absolute atomic E-state index is 0.294. The second kappa shape index (κ2) is 3.81. The van der Waals surface area contributed by atoms with E-state index in [0.717, 1.165) is 0 Å². The predicted octanol–water partition coefficient (Wildman–Crippen LogP) is 1.30. The topological polar surface area (TPSA) is 24.7 Å². The summed E-state index contributed by atoms with van der Waals surface area (Å²) in [5, 5.41) is 0.294. The van der Waals surface area contributed by atoms with Crippen molar-refractivity contribution in [3.63, 3.8) is 0 Å². The summed E-state index contributed by atoms with van der Waals surface area (Å²) < 4.78 is 0. The molecule has 0 fully saturated rings. The van der Waals surface area contributed by atoms with E-state index in [9.17, 15) is 0 Å². The molecule has 7 heavy (non-hydrogen) atoms. The Morgan fingerprint density at radius 1 is 1.71 bits per heavy atom. The number of aliphatic imine (C=N–C) groups is 2. The van der Waals surface area contributed by atoms with Crippen molar-refractivity contribution in [2.75, 3.05) is 7.05 Å². The molecule has 0 saturated heterocycles. The van der Waals surface area contributed by atoms with Crippen LogP contribution in [0.25, 0.3) is 0 Å². The van der Waals surface area contributed by atoms with E-state index in [2.05, 4.69) is 9.98 Å². The van der Waals surface area contributed by atoms with Gasteiger partial charge in [0.25, 0.3) is 0 Å². The number of halogens is 1. The van der Waals surface area contributed by atoms with Crippen LogP contribution in [0.5, 0.6) is 0 Å². The van der Waals surface area contributed by atoms with E-state index >= 15 is 0 Å². The summed E-state index contributed by atoms with van der Waals surface area (Å²) >= 11 is 5.32. The van der Waals surface area contributed by atoms with E-state index in [1.54, 1.807) is 20.2 Å². The minimum Gasteiger partial charge on any atom is -0.260 e. The van der Waals surface area contributed by atoms with E-state index in [1.807, 2.05) is 0 Å². The lowest BCUT2D eigenvalue weighted by atomic mass is 10.9. The van der Waals surface area contributed by atoms with E-state index in [0.29, 0.717) is 5.29 Å². The first kappa shape index (κ1) is 6.63. The molecule has 2 nitrogen and oxygen atoms in total. The summed E-state index contributed by atoms with van der Waals surface area (Å²) in [7, 11) is 1.59. The van der Waals surface area contributed by atoms with Gasteiger partial charge in [-0.2, -0.15) is 0 Å². The molecule has 0 N–H and O–H groups in total. The molecule has 0 aliphatic rings. The van der Waals surface area contributed by atoms with Crippen LogP contribution in [0.1, 0.15) is 6.92 Å². The van der Waals surface area contributed by atoms with Crippen molar-refractivity contribution in [2.45, 2.75) is 6.92 Å². The number of hydrogen-bond donors (Lipinski definition) is 0. The molecule has 40 valence electrons. The van der Waals surface area contributed by atoms with Crippen LogP contribution < -0.4 is 0 Å². The van der Waals surface area contributed by atoms with Crippen LogP contribution in [-0.2, 0) is 0 Å². The molecular formula is C4H7ClN2. The molecule has 0 saturated carbocycles. The number of nitrogens with zero attached hydrogens (tertiary/aromatic N) is 2. The zero-order valence-corrected chi connectivity index (χ0v) is 5.11. The Labute approximate surface area is 47.9 Å². The zero-order chi connectivity index (χ0) is 5.70. The molecule has 0 rings (SSSR count). The smallest absolute Gasteiger partial charge is 0.217 e. The first-order valence-electron chi connectivity index (χ1n) is 1.92. The molecule has 0 aromatic rings. The standard InChI is InChI=1S/C4H7ClN2/c1-3-7-4(5)6-2/h3H,1-2H3. The fourth-order valence-electron chi connectivity index (χ4n) is 0.164. The summed E-state index contributed by atoms with van der Waals surface area (Å²) in [6.45, 7) is 1.79. The van der Waals surface area contributed by atoms with E-state index in [4.69, 9.17) is 11.6 Å². The maximum absolute atomic E-state index is 5.32. The normalized spacial score (nSPS) is 13.3. The first-order valence-corrected chi connectivity index (χ1v) is 2.30. The highest BCUT2D eigenvalue weighted by Crippen LogP contribution is 1.82. The van der Waals surface area contributed by atoms with Crippen LogP contribution >= 0.6 is 11.6 Å². The highest BCUT2D eigenvalue weighted by molar-refractivity contribution is 6.65. The van der Waals surface area contributed by atoms with Gasteiger partial charge in [0.2, 0.25) is 5.29 Å². The van der Waals surface area contributed by atoms with Crippen LogP contribution in [0.15, 0.2) is 9.98 Å². The molecule has 0 bridgehead atoms. The van der Waals surface area contributed by atoms with E-state index in [-0.39, 0.29) is 0 Å². The Kier molecular flexibility index (Phi) is 3.61. The minimum atomic E-state index is 0.294. The van der Waals surface area contributed by atoms with Gasteiger partial charge in [0.15, 0.2) is 0 Å². The Bertz CT molecular complexity index is 95.9. The van der Waals surface area contributed by atoms with Crippen LogP contribution in [0, 0.1) is 0 Å². The molecule has 3 heteroatoms. The number of hydrogen-bond acceptors (Lipinski definition) is 1. The molecular weight excluding hydrogens is 112 g/mol. The van der Waals surface area contributed by atoms with Crippen molar-refractivity contribution in [3.05, 3.63) is 0 Å². The van der Waals surface area contributed by atoms with E-state index in [1.165, 1.54) is 0 Å². The fraction of sp³-hybridized carbons (Fsp3) is 0.500. The second-order valence-corrected chi connectivity index (χ2v) is 1.22. The Morgan fingerprint density at radius 2 is 2.29 bits per heavy atom. The summed E-state index contributed by atoms with van der Waals surface area (Å²) in [6, 6.07) is 0. The monoisotopic (exact) mass is 118 g/mol. The summed E-state index contributed by atoms with van der Waals surface area (Å²) in [5.74, 6) is 0. The summed E-state index contributed by atoms with van der Waals surface area (Å²) in [6.07, 6.45) is 1.59. The average Bonchev–Trinajstić information content (AvgIpc) is 1.68. The third kappa shape index (κ3) is 3.46. The van der Waals surface area contributed by atoms with Crippen LogP contribution in [0.2, 0.25) is 0 Å². The second-order valence-electron chi connectivity index (χ2n) is 0.880. The van der Waals surface area contributed by atoms with Crippen molar-refractivity contribution in [2.24, 2.45) is 9.98 Å².